The number of anilines is 1. The van der Waals surface area contributed by atoms with Gasteiger partial charge in [0, 0.05) is 23.2 Å². The van der Waals surface area contributed by atoms with Crippen LogP contribution in [0.15, 0.2) is 24.3 Å². The van der Waals surface area contributed by atoms with E-state index >= 15 is 0 Å². The lowest BCUT2D eigenvalue weighted by molar-refractivity contribution is -0.119. The van der Waals surface area contributed by atoms with Crippen molar-refractivity contribution < 1.29 is 9.59 Å². The first-order valence-corrected chi connectivity index (χ1v) is 6.23. The van der Waals surface area contributed by atoms with Gasteiger partial charge in [-0.15, -0.1) is 12.4 Å². The van der Waals surface area contributed by atoms with Crippen molar-refractivity contribution in [3.8, 4) is 0 Å². The van der Waals surface area contributed by atoms with Crippen molar-refractivity contribution >= 4 is 29.8 Å². The van der Waals surface area contributed by atoms with Crippen molar-refractivity contribution in [3.05, 3.63) is 29.8 Å². The van der Waals surface area contributed by atoms with Gasteiger partial charge in [0.05, 0.1) is 0 Å². The SMILES string of the molecule is CC(=O)c1cccc(NC(=O)C2CCC(N)C2)c1.Cl. The molecule has 0 aliphatic heterocycles. The summed E-state index contributed by atoms with van der Waals surface area (Å²) in [4.78, 5) is 23.2. The number of Topliss-reactive ketones (excluding diaryl/α,β-unsaturated/α-hetero) is 1. The van der Waals surface area contributed by atoms with Gasteiger partial charge in [0.1, 0.15) is 0 Å². The standard InChI is InChI=1S/C14H18N2O2.ClH/c1-9(17)10-3-2-4-13(8-10)16-14(18)11-5-6-12(15)7-11;/h2-4,8,11-12H,5-7,15H2,1H3,(H,16,18);1H. The molecule has 1 aliphatic carbocycles. The van der Waals surface area contributed by atoms with Crippen LogP contribution in [0.3, 0.4) is 0 Å². The summed E-state index contributed by atoms with van der Waals surface area (Å²) in [5, 5.41) is 2.85. The first-order chi connectivity index (χ1) is 8.56. The molecule has 104 valence electrons. The predicted octanol–water partition coefficient (Wildman–Crippen LogP) is 2.38. The molecule has 3 N–H and O–H groups in total. The fourth-order valence-corrected chi connectivity index (χ4v) is 2.31. The molecule has 0 saturated heterocycles. The van der Waals surface area contributed by atoms with Gasteiger partial charge in [-0.05, 0) is 38.3 Å². The van der Waals surface area contributed by atoms with Gasteiger partial charge >= 0.3 is 0 Å². The molecule has 2 atom stereocenters. The summed E-state index contributed by atoms with van der Waals surface area (Å²) in [7, 11) is 0. The van der Waals surface area contributed by atoms with Crippen LogP contribution < -0.4 is 11.1 Å². The molecule has 1 aliphatic rings. The first kappa shape index (κ1) is 15.7. The minimum absolute atomic E-state index is 0. The van der Waals surface area contributed by atoms with Gasteiger partial charge in [0.15, 0.2) is 5.78 Å². The number of carbonyl (C=O) groups is 2. The molecule has 1 amide bonds. The summed E-state index contributed by atoms with van der Waals surface area (Å²) in [6.45, 7) is 1.51. The van der Waals surface area contributed by atoms with Gasteiger partial charge in [-0.2, -0.15) is 0 Å². The van der Waals surface area contributed by atoms with Crippen molar-refractivity contribution in [1.29, 1.82) is 0 Å². The van der Waals surface area contributed by atoms with Crippen LogP contribution in [0.2, 0.25) is 0 Å². The second-order valence-electron chi connectivity index (χ2n) is 4.90. The molecule has 1 aromatic carbocycles. The molecule has 5 heteroatoms. The Morgan fingerprint density at radius 3 is 2.63 bits per heavy atom. The maximum Gasteiger partial charge on any atom is 0.227 e. The summed E-state index contributed by atoms with van der Waals surface area (Å²) < 4.78 is 0. The monoisotopic (exact) mass is 282 g/mol. The highest BCUT2D eigenvalue weighted by molar-refractivity contribution is 5.97. The number of amides is 1. The van der Waals surface area contributed by atoms with Crippen molar-refractivity contribution in [2.24, 2.45) is 11.7 Å². The van der Waals surface area contributed by atoms with E-state index in [1.807, 2.05) is 0 Å². The Balaban J connectivity index is 0.00000180. The highest BCUT2D eigenvalue weighted by Crippen LogP contribution is 2.25. The van der Waals surface area contributed by atoms with Crippen LogP contribution in [-0.4, -0.2) is 17.7 Å². The van der Waals surface area contributed by atoms with Gasteiger partial charge in [0.25, 0.3) is 0 Å². The molecular weight excluding hydrogens is 264 g/mol. The molecule has 1 saturated carbocycles. The number of carbonyl (C=O) groups excluding carboxylic acids is 2. The van der Waals surface area contributed by atoms with Crippen LogP contribution in [0.4, 0.5) is 5.69 Å². The quantitative estimate of drug-likeness (QED) is 0.836. The van der Waals surface area contributed by atoms with E-state index in [-0.39, 0.29) is 36.1 Å². The van der Waals surface area contributed by atoms with E-state index in [1.165, 1.54) is 6.92 Å². The van der Waals surface area contributed by atoms with Crippen LogP contribution in [-0.2, 0) is 4.79 Å². The fourth-order valence-electron chi connectivity index (χ4n) is 2.31. The Morgan fingerprint density at radius 2 is 2.05 bits per heavy atom. The smallest absolute Gasteiger partial charge is 0.227 e. The average molecular weight is 283 g/mol. The summed E-state index contributed by atoms with van der Waals surface area (Å²) in [5.41, 5.74) is 7.08. The summed E-state index contributed by atoms with van der Waals surface area (Å²) in [6.07, 6.45) is 2.50. The zero-order valence-electron chi connectivity index (χ0n) is 10.9. The minimum atomic E-state index is -0.00557. The number of nitrogens with two attached hydrogens (primary N) is 1. The summed E-state index contributed by atoms with van der Waals surface area (Å²) in [5.74, 6) is -0.00127. The van der Waals surface area contributed by atoms with Gasteiger partial charge < -0.3 is 11.1 Å². The van der Waals surface area contributed by atoms with Gasteiger partial charge in [-0.3, -0.25) is 9.59 Å². The number of ketones is 1. The Hall–Kier alpha value is -1.39. The number of hydrogen-bond acceptors (Lipinski definition) is 3. The van der Waals surface area contributed by atoms with Crippen molar-refractivity contribution in [1.82, 2.24) is 0 Å². The van der Waals surface area contributed by atoms with Crippen molar-refractivity contribution in [3.63, 3.8) is 0 Å². The van der Waals surface area contributed by atoms with E-state index < -0.39 is 0 Å². The predicted molar refractivity (Wildman–Crippen MR) is 77.6 cm³/mol. The average Bonchev–Trinajstić information content (AvgIpc) is 2.76. The summed E-state index contributed by atoms with van der Waals surface area (Å²) >= 11 is 0. The van der Waals surface area contributed by atoms with E-state index in [9.17, 15) is 9.59 Å². The van der Waals surface area contributed by atoms with Crippen molar-refractivity contribution in [2.45, 2.75) is 32.2 Å². The first-order valence-electron chi connectivity index (χ1n) is 6.23. The maximum absolute atomic E-state index is 12.0. The Bertz CT molecular complexity index is 476. The topological polar surface area (TPSA) is 72.2 Å². The van der Waals surface area contributed by atoms with Crippen molar-refractivity contribution in [2.75, 3.05) is 5.32 Å². The Morgan fingerprint density at radius 1 is 1.32 bits per heavy atom. The Kier molecular flexibility index (Phi) is 5.51. The Labute approximate surface area is 119 Å². The van der Waals surface area contributed by atoms with Gasteiger partial charge in [0.2, 0.25) is 5.91 Å². The zero-order chi connectivity index (χ0) is 13.1. The van der Waals surface area contributed by atoms with Crippen LogP contribution >= 0.6 is 12.4 Å². The molecule has 4 nitrogen and oxygen atoms in total. The fraction of sp³-hybridized carbons (Fsp3) is 0.429. The highest BCUT2D eigenvalue weighted by atomic mass is 35.5. The van der Waals surface area contributed by atoms with Gasteiger partial charge in [-0.25, -0.2) is 0 Å². The van der Waals surface area contributed by atoms with E-state index in [0.717, 1.165) is 19.3 Å². The molecule has 0 spiro atoms. The largest absolute Gasteiger partial charge is 0.328 e. The molecule has 0 radical (unpaired) electrons. The van der Waals surface area contributed by atoms with Crippen LogP contribution in [0.5, 0.6) is 0 Å². The molecule has 1 aromatic rings. The third-order valence-electron chi connectivity index (χ3n) is 3.38. The lowest BCUT2D eigenvalue weighted by Gasteiger charge is -2.11. The van der Waals surface area contributed by atoms with Crippen LogP contribution in [0.25, 0.3) is 0 Å². The lowest BCUT2D eigenvalue weighted by atomic mass is 10.1. The number of rotatable bonds is 3. The molecule has 0 heterocycles. The number of nitrogens with one attached hydrogen (secondary N) is 1. The second kappa shape index (κ2) is 6.68. The molecule has 2 rings (SSSR count). The van der Waals surface area contributed by atoms with Crippen LogP contribution in [0.1, 0.15) is 36.5 Å². The molecular formula is C14H19ClN2O2. The second-order valence-corrected chi connectivity index (χ2v) is 4.90. The molecule has 19 heavy (non-hydrogen) atoms. The van der Waals surface area contributed by atoms with E-state index in [2.05, 4.69) is 5.32 Å². The zero-order valence-corrected chi connectivity index (χ0v) is 11.7. The third-order valence-corrected chi connectivity index (χ3v) is 3.38. The van der Waals surface area contributed by atoms with E-state index in [4.69, 9.17) is 5.73 Å². The highest BCUT2D eigenvalue weighted by Gasteiger charge is 2.27. The number of halogens is 1. The normalized spacial score (nSPS) is 21.6. The molecule has 0 bridgehead atoms. The number of hydrogen-bond donors (Lipinski definition) is 2. The van der Waals surface area contributed by atoms with E-state index in [0.29, 0.717) is 11.3 Å². The van der Waals surface area contributed by atoms with E-state index in [1.54, 1.807) is 24.3 Å². The lowest BCUT2D eigenvalue weighted by Crippen LogP contribution is -2.23. The molecule has 0 aromatic heterocycles. The summed E-state index contributed by atoms with van der Waals surface area (Å²) in [6, 6.07) is 7.15. The van der Waals surface area contributed by atoms with Crippen LogP contribution in [0, 0.1) is 5.92 Å². The minimum Gasteiger partial charge on any atom is -0.328 e. The molecule has 2 unspecified atom stereocenters. The third kappa shape index (κ3) is 4.04. The maximum atomic E-state index is 12.0. The van der Waals surface area contributed by atoms with Gasteiger partial charge in [-0.1, -0.05) is 12.1 Å². The number of benzene rings is 1. The molecule has 1 fully saturated rings.